The van der Waals surface area contributed by atoms with Crippen molar-refractivity contribution >= 4 is 15.7 Å². The third kappa shape index (κ3) is 1.93. The Hall–Kier alpha value is -1.21. The van der Waals surface area contributed by atoms with Gasteiger partial charge in [0.15, 0.2) is 4.90 Å². The minimum atomic E-state index is -4.39. The Labute approximate surface area is 73.2 Å². The Morgan fingerprint density at radius 3 is 1.85 bits per heavy atom. The van der Waals surface area contributed by atoms with E-state index in [1.165, 1.54) is 0 Å². The van der Waals surface area contributed by atoms with E-state index in [1.807, 2.05) is 0 Å². The highest BCUT2D eigenvalue weighted by Crippen LogP contribution is 2.19. The number of rotatable bonds is 1. The number of sulfonamides is 1. The summed E-state index contributed by atoms with van der Waals surface area (Å²) in [6, 6.07) is 1.37. The predicted molar refractivity (Wildman–Crippen MR) is 42.1 cm³/mol. The van der Waals surface area contributed by atoms with E-state index < -0.39 is 26.6 Å². The lowest BCUT2D eigenvalue weighted by atomic mass is 10.3. The zero-order valence-electron chi connectivity index (χ0n) is 6.29. The van der Waals surface area contributed by atoms with Gasteiger partial charge in [-0.1, -0.05) is 0 Å². The van der Waals surface area contributed by atoms with Gasteiger partial charge in [-0.15, -0.1) is 0 Å². The summed E-state index contributed by atoms with van der Waals surface area (Å²) >= 11 is 0. The molecule has 0 saturated carbocycles. The first-order valence-electron chi connectivity index (χ1n) is 3.09. The molecule has 0 amide bonds. The second-order valence-electron chi connectivity index (χ2n) is 2.36. The molecular weight excluding hydrogens is 202 g/mol. The molecule has 72 valence electrons. The van der Waals surface area contributed by atoms with Crippen LogP contribution in [0.4, 0.5) is 14.5 Å². The molecule has 0 aliphatic carbocycles. The van der Waals surface area contributed by atoms with Crippen molar-refractivity contribution in [2.45, 2.75) is 4.90 Å². The maximum Gasteiger partial charge on any atom is 0.243 e. The molecule has 1 aromatic carbocycles. The molecule has 0 fully saturated rings. The summed E-state index contributed by atoms with van der Waals surface area (Å²) in [5.74, 6) is -2.58. The summed E-state index contributed by atoms with van der Waals surface area (Å²) in [5.41, 5.74) is 4.85. The minimum Gasteiger partial charge on any atom is -0.399 e. The van der Waals surface area contributed by atoms with Crippen molar-refractivity contribution in [3.8, 4) is 0 Å². The maximum atomic E-state index is 12.8. The van der Waals surface area contributed by atoms with Gasteiger partial charge in [0, 0.05) is 5.69 Å². The predicted octanol–water partition coefficient (Wildman–Crippen LogP) is 0.194. The highest BCUT2D eigenvalue weighted by Gasteiger charge is 2.20. The van der Waals surface area contributed by atoms with Crippen molar-refractivity contribution in [2.24, 2.45) is 5.14 Å². The Balaban J connectivity index is 3.57. The molecule has 1 rings (SSSR count). The van der Waals surface area contributed by atoms with E-state index >= 15 is 0 Å². The van der Waals surface area contributed by atoms with Crippen LogP contribution in [0.15, 0.2) is 17.0 Å². The smallest absolute Gasteiger partial charge is 0.243 e. The number of nitrogen functional groups attached to an aromatic ring is 1. The Morgan fingerprint density at radius 1 is 1.15 bits per heavy atom. The fourth-order valence-corrected chi connectivity index (χ4v) is 1.51. The summed E-state index contributed by atoms with van der Waals surface area (Å²) in [5, 5.41) is 4.56. The lowest BCUT2D eigenvalue weighted by molar-refractivity contribution is 0.521. The third-order valence-electron chi connectivity index (χ3n) is 1.31. The molecule has 0 radical (unpaired) electrons. The van der Waals surface area contributed by atoms with Gasteiger partial charge in [-0.05, 0) is 12.1 Å². The largest absolute Gasteiger partial charge is 0.399 e. The van der Waals surface area contributed by atoms with E-state index in [-0.39, 0.29) is 5.69 Å². The van der Waals surface area contributed by atoms with Gasteiger partial charge in [-0.3, -0.25) is 0 Å². The number of primary sulfonamides is 1. The topological polar surface area (TPSA) is 86.2 Å². The highest BCUT2D eigenvalue weighted by atomic mass is 32.2. The van der Waals surface area contributed by atoms with Gasteiger partial charge < -0.3 is 5.73 Å². The summed E-state index contributed by atoms with van der Waals surface area (Å²) in [7, 11) is -4.39. The Morgan fingerprint density at radius 2 is 1.54 bits per heavy atom. The fraction of sp³-hybridized carbons (Fsp3) is 0. The molecule has 0 aliphatic heterocycles. The second kappa shape index (κ2) is 2.93. The van der Waals surface area contributed by atoms with Crippen LogP contribution in [-0.2, 0) is 10.0 Å². The molecule has 0 bridgehead atoms. The number of benzene rings is 1. The van der Waals surface area contributed by atoms with E-state index in [0.717, 1.165) is 0 Å². The average molecular weight is 208 g/mol. The van der Waals surface area contributed by atoms with E-state index in [2.05, 4.69) is 5.14 Å². The van der Waals surface area contributed by atoms with Gasteiger partial charge in [0.2, 0.25) is 10.0 Å². The van der Waals surface area contributed by atoms with Gasteiger partial charge >= 0.3 is 0 Å². The van der Waals surface area contributed by atoms with Crippen molar-refractivity contribution < 1.29 is 17.2 Å². The molecule has 13 heavy (non-hydrogen) atoms. The van der Waals surface area contributed by atoms with Crippen molar-refractivity contribution in [2.75, 3.05) is 5.73 Å². The summed E-state index contributed by atoms with van der Waals surface area (Å²) < 4.78 is 46.9. The van der Waals surface area contributed by atoms with Crippen LogP contribution < -0.4 is 10.9 Å². The molecule has 0 aromatic heterocycles. The first-order valence-corrected chi connectivity index (χ1v) is 4.64. The number of anilines is 1. The molecule has 0 heterocycles. The monoisotopic (exact) mass is 208 g/mol. The Kier molecular flexibility index (Phi) is 2.22. The first kappa shape index (κ1) is 9.87. The molecule has 0 spiro atoms. The molecule has 1 aromatic rings. The zero-order chi connectivity index (χ0) is 10.2. The molecule has 0 saturated heterocycles. The lowest BCUT2D eigenvalue weighted by Crippen LogP contribution is -2.16. The quantitative estimate of drug-likeness (QED) is 0.646. The van der Waals surface area contributed by atoms with Crippen LogP contribution in [0.3, 0.4) is 0 Å². The average Bonchev–Trinajstić information content (AvgIpc) is 1.78. The lowest BCUT2D eigenvalue weighted by Gasteiger charge is -2.02. The van der Waals surface area contributed by atoms with Crippen molar-refractivity contribution in [1.82, 2.24) is 0 Å². The molecule has 0 unspecified atom stereocenters. The normalized spacial score (nSPS) is 11.6. The molecule has 0 atom stereocenters. The van der Waals surface area contributed by atoms with Crippen LogP contribution in [0.25, 0.3) is 0 Å². The Bertz CT molecular complexity index is 421. The van der Waals surface area contributed by atoms with E-state index in [0.29, 0.717) is 12.1 Å². The molecule has 4 N–H and O–H groups in total. The van der Waals surface area contributed by atoms with Crippen molar-refractivity contribution in [1.29, 1.82) is 0 Å². The summed E-state index contributed by atoms with van der Waals surface area (Å²) in [6.07, 6.45) is 0. The van der Waals surface area contributed by atoms with E-state index in [1.54, 1.807) is 0 Å². The molecular formula is C6H6F2N2O2S. The van der Waals surface area contributed by atoms with Crippen LogP contribution in [0.1, 0.15) is 0 Å². The van der Waals surface area contributed by atoms with Crippen LogP contribution >= 0.6 is 0 Å². The molecule has 4 nitrogen and oxygen atoms in total. The van der Waals surface area contributed by atoms with Gasteiger partial charge in [-0.2, -0.15) is 0 Å². The minimum absolute atomic E-state index is 0.206. The third-order valence-corrected chi connectivity index (χ3v) is 2.26. The number of nitrogens with two attached hydrogens (primary N) is 2. The standard InChI is InChI=1S/C6H6F2N2O2S/c7-4-1-3(9)2-5(8)6(4)13(10,11)12/h1-2H,9H2,(H2,10,11,12). The second-order valence-corrected chi connectivity index (χ2v) is 3.86. The van der Waals surface area contributed by atoms with Crippen LogP contribution in [0, 0.1) is 11.6 Å². The van der Waals surface area contributed by atoms with Crippen molar-refractivity contribution in [3.63, 3.8) is 0 Å². The zero-order valence-corrected chi connectivity index (χ0v) is 7.11. The van der Waals surface area contributed by atoms with Gasteiger partial charge in [0.25, 0.3) is 0 Å². The summed E-state index contributed by atoms with van der Waals surface area (Å²) in [6.45, 7) is 0. The SMILES string of the molecule is Nc1cc(F)c(S(N)(=O)=O)c(F)c1. The number of hydrogen-bond donors (Lipinski definition) is 2. The number of halogens is 2. The van der Waals surface area contributed by atoms with Gasteiger partial charge in [0.05, 0.1) is 0 Å². The highest BCUT2D eigenvalue weighted by molar-refractivity contribution is 7.89. The van der Waals surface area contributed by atoms with Crippen LogP contribution in [-0.4, -0.2) is 8.42 Å². The van der Waals surface area contributed by atoms with Crippen molar-refractivity contribution in [3.05, 3.63) is 23.8 Å². The summed E-state index contributed by atoms with van der Waals surface area (Å²) in [4.78, 5) is -1.17. The molecule has 0 aliphatic rings. The van der Waals surface area contributed by atoms with E-state index in [9.17, 15) is 17.2 Å². The van der Waals surface area contributed by atoms with Gasteiger partial charge in [-0.25, -0.2) is 22.3 Å². The molecule has 7 heteroatoms. The fourth-order valence-electron chi connectivity index (χ4n) is 0.851. The van der Waals surface area contributed by atoms with Crippen LogP contribution in [0.5, 0.6) is 0 Å². The van der Waals surface area contributed by atoms with Crippen LogP contribution in [0.2, 0.25) is 0 Å². The maximum absolute atomic E-state index is 12.8. The van der Waals surface area contributed by atoms with E-state index in [4.69, 9.17) is 5.73 Å². The number of hydrogen-bond acceptors (Lipinski definition) is 3. The first-order chi connectivity index (χ1) is 5.82. The van der Waals surface area contributed by atoms with Gasteiger partial charge in [0.1, 0.15) is 11.6 Å².